The molecule has 0 N–H and O–H groups in total. The van der Waals surface area contributed by atoms with Gasteiger partial charge >= 0.3 is 0 Å². The average molecular weight is 291 g/mol. The van der Waals surface area contributed by atoms with Crippen LogP contribution in [0.3, 0.4) is 0 Å². The second kappa shape index (κ2) is 4.98. The summed E-state index contributed by atoms with van der Waals surface area (Å²) in [6.07, 6.45) is 5.78. The first-order chi connectivity index (χ1) is 10.7. The van der Waals surface area contributed by atoms with E-state index in [9.17, 15) is 4.79 Å². The molecule has 110 valence electrons. The molecule has 1 aliphatic rings. The fraction of sp³-hybridized carbons (Fsp3) is 0.222. The van der Waals surface area contributed by atoms with Crippen LogP contribution in [-0.4, -0.2) is 21.8 Å². The maximum Gasteiger partial charge on any atom is 0.278 e. The molecule has 3 aromatic rings. The second-order valence-corrected chi connectivity index (χ2v) is 5.78. The third-order valence-electron chi connectivity index (χ3n) is 4.19. The summed E-state index contributed by atoms with van der Waals surface area (Å²) in [5, 5.41) is 0. The number of carbonyl (C=O) groups is 1. The highest BCUT2D eigenvalue weighted by Crippen LogP contribution is 2.28. The number of para-hydroxylation sites is 1. The van der Waals surface area contributed by atoms with E-state index in [1.807, 2.05) is 58.9 Å². The van der Waals surface area contributed by atoms with Crippen molar-refractivity contribution in [2.24, 2.45) is 0 Å². The number of imidazole rings is 1. The molecule has 0 atom stereocenters. The molecule has 2 aromatic heterocycles. The van der Waals surface area contributed by atoms with Crippen molar-refractivity contribution in [3.63, 3.8) is 0 Å². The van der Waals surface area contributed by atoms with Crippen molar-refractivity contribution in [1.82, 2.24) is 9.38 Å². The van der Waals surface area contributed by atoms with Crippen molar-refractivity contribution in [3.8, 4) is 0 Å². The van der Waals surface area contributed by atoms with Crippen LogP contribution >= 0.6 is 0 Å². The molecule has 22 heavy (non-hydrogen) atoms. The number of hydrogen-bond acceptors (Lipinski definition) is 2. The van der Waals surface area contributed by atoms with Crippen molar-refractivity contribution in [2.75, 3.05) is 11.4 Å². The molecule has 4 nitrogen and oxygen atoms in total. The topological polar surface area (TPSA) is 37.6 Å². The Morgan fingerprint density at radius 1 is 1.23 bits per heavy atom. The van der Waals surface area contributed by atoms with Crippen LogP contribution in [0.25, 0.3) is 5.65 Å². The van der Waals surface area contributed by atoms with E-state index in [0.29, 0.717) is 5.69 Å². The normalized spacial score (nSPS) is 14.1. The molecule has 0 radical (unpaired) electrons. The summed E-state index contributed by atoms with van der Waals surface area (Å²) in [5.74, 6) is -0.0199. The number of aryl methyl sites for hydroxylation is 2. The number of anilines is 1. The number of benzene rings is 1. The number of nitrogens with zero attached hydrogens (tertiary/aromatic N) is 3. The van der Waals surface area contributed by atoms with Crippen LogP contribution in [0.15, 0.2) is 48.8 Å². The molecule has 4 heteroatoms. The van der Waals surface area contributed by atoms with Crippen molar-refractivity contribution < 1.29 is 4.79 Å². The summed E-state index contributed by atoms with van der Waals surface area (Å²) < 4.78 is 1.90. The molecular weight excluding hydrogens is 274 g/mol. The maximum atomic E-state index is 12.9. The predicted octanol–water partition coefficient (Wildman–Crippen LogP) is 3.24. The monoisotopic (exact) mass is 291 g/mol. The molecule has 4 rings (SSSR count). The van der Waals surface area contributed by atoms with Gasteiger partial charge in [-0.15, -0.1) is 0 Å². The van der Waals surface area contributed by atoms with Crippen molar-refractivity contribution in [1.29, 1.82) is 0 Å². The Labute approximate surface area is 129 Å². The van der Waals surface area contributed by atoms with Gasteiger partial charge in [-0.25, -0.2) is 4.98 Å². The lowest BCUT2D eigenvalue weighted by molar-refractivity contribution is 0.0981. The fourth-order valence-electron chi connectivity index (χ4n) is 3.07. The Morgan fingerprint density at radius 2 is 2.09 bits per heavy atom. The molecule has 1 aromatic carbocycles. The van der Waals surface area contributed by atoms with Gasteiger partial charge in [-0.1, -0.05) is 18.2 Å². The Bertz CT molecular complexity index is 866. The molecule has 0 spiro atoms. The van der Waals surface area contributed by atoms with Gasteiger partial charge in [0.1, 0.15) is 11.3 Å². The summed E-state index contributed by atoms with van der Waals surface area (Å²) in [6, 6.07) is 12.1. The van der Waals surface area contributed by atoms with Crippen LogP contribution in [0.2, 0.25) is 0 Å². The third-order valence-corrected chi connectivity index (χ3v) is 4.19. The molecule has 0 unspecified atom stereocenters. The highest BCUT2D eigenvalue weighted by molar-refractivity contribution is 6.05. The number of hydrogen-bond donors (Lipinski definition) is 0. The van der Waals surface area contributed by atoms with Crippen LogP contribution in [0, 0.1) is 6.92 Å². The summed E-state index contributed by atoms with van der Waals surface area (Å²) >= 11 is 0. The molecule has 3 heterocycles. The van der Waals surface area contributed by atoms with Gasteiger partial charge in [-0.05, 0) is 49.1 Å². The number of carbonyl (C=O) groups excluding carboxylic acids is 1. The zero-order chi connectivity index (χ0) is 15.1. The van der Waals surface area contributed by atoms with Crippen LogP contribution in [-0.2, 0) is 6.42 Å². The third kappa shape index (κ3) is 2.08. The van der Waals surface area contributed by atoms with E-state index >= 15 is 0 Å². The van der Waals surface area contributed by atoms with E-state index in [4.69, 9.17) is 0 Å². The molecular formula is C18H17N3O. The fourth-order valence-corrected chi connectivity index (χ4v) is 3.07. The lowest BCUT2D eigenvalue weighted by Gasteiger charge is -2.28. The van der Waals surface area contributed by atoms with Crippen molar-refractivity contribution >= 4 is 17.2 Å². The Morgan fingerprint density at radius 3 is 3.00 bits per heavy atom. The van der Waals surface area contributed by atoms with Crippen LogP contribution in [0.4, 0.5) is 5.69 Å². The molecule has 0 saturated heterocycles. The first kappa shape index (κ1) is 13.1. The number of pyridine rings is 1. The minimum atomic E-state index is -0.0199. The Balaban J connectivity index is 1.75. The first-order valence-electron chi connectivity index (χ1n) is 7.57. The second-order valence-electron chi connectivity index (χ2n) is 5.78. The van der Waals surface area contributed by atoms with E-state index in [-0.39, 0.29) is 5.91 Å². The molecule has 0 fully saturated rings. The lowest BCUT2D eigenvalue weighted by atomic mass is 10.0. The van der Waals surface area contributed by atoms with E-state index in [1.54, 1.807) is 0 Å². The Hall–Kier alpha value is -2.62. The van der Waals surface area contributed by atoms with Gasteiger partial charge in [0.2, 0.25) is 0 Å². The zero-order valence-corrected chi connectivity index (χ0v) is 12.5. The number of amides is 1. The predicted molar refractivity (Wildman–Crippen MR) is 86.4 cm³/mol. The van der Waals surface area contributed by atoms with E-state index in [2.05, 4.69) is 11.1 Å². The van der Waals surface area contributed by atoms with Gasteiger partial charge in [0.25, 0.3) is 5.91 Å². The van der Waals surface area contributed by atoms with Gasteiger partial charge in [0, 0.05) is 24.6 Å². The summed E-state index contributed by atoms with van der Waals surface area (Å²) in [5.41, 5.74) is 4.71. The molecule has 1 amide bonds. The zero-order valence-electron chi connectivity index (χ0n) is 12.5. The number of fused-ring (bicyclic) bond motifs is 2. The summed E-state index contributed by atoms with van der Waals surface area (Å²) in [6.45, 7) is 2.78. The molecule has 1 aliphatic heterocycles. The van der Waals surface area contributed by atoms with Gasteiger partial charge in [0.05, 0.1) is 0 Å². The van der Waals surface area contributed by atoms with E-state index in [1.165, 1.54) is 5.56 Å². The number of aromatic nitrogens is 2. The van der Waals surface area contributed by atoms with Crippen LogP contribution < -0.4 is 4.90 Å². The van der Waals surface area contributed by atoms with Crippen molar-refractivity contribution in [2.45, 2.75) is 19.8 Å². The summed E-state index contributed by atoms with van der Waals surface area (Å²) in [7, 11) is 0. The quantitative estimate of drug-likeness (QED) is 0.690. The lowest BCUT2D eigenvalue weighted by Crippen LogP contribution is -2.35. The van der Waals surface area contributed by atoms with Crippen molar-refractivity contribution in [3.05, 3.63) is 65.6 Å². The molecule has 0 saturated carbocycles. The van der Waals surface area contributed by atoms with E-state index in [0.717, 1.165) is 36.3 Å². The molecule has 0 bridgehead atoms. The Kier molecular flexibility index (Phi) is 2.96. The summed E-state index contributed by atoms with van der Waals surface area (Å²) in [4.78, 5) is 19.2. The largest absolute Gasteiger partial charge is 0.307 e. The smallest absolute Gasteiger partial charge is 0.278 e. The van der Waals surface area contributed by atoms with Gasteiger partial charge in [-0.3, -0.25) is 4.79 Å². The van der Waals surface area contributed by atoms with Gasteiger partial charge in [-0.2, -0.15) is 0 Å². The van der Waals surface area contributed by atoms with Crippen LogP contribution in [0.5, 0.6) is 0 Å². The maximum absolute atomic E-state index is 12.9. The number of rotatable bonds is 1. The minimum Gasteiger partial charge on any atom is -0.307 e. The SMILES string of the molecule is Cc1ccn2cc(C(=O)N3CCCc4ccccc43)nc2c1. The van der Waals surface area contributed by atoms with Crippen LogP contribution in [0.1, 0.15) is 28.0 Å². The standard InChI is InChI=1S/C18H17N3O/c1-13-8-10-20-12-15(19-17(20)11-13)18(22)21-9-4-6-14-5-2-3-7-16(14)21/h2-3,5,7-8,10-12H,4,6,9H2,1H3. The van der Waals surface area contributed by atoms with E-state index < -0.39 is 0 Å². The molecule has 0 aliphatic carbocycles. The average Bonchev–Trinajstić information content (AvgIpc) is 2.96. The highest BCUT2D eigenvalue weighted by Gasteiger charge is 2.24. The first-order valence-corrected chi connectivity index (χ1v) is 7.57. The van der Waals surface area contributed by atoms with Gasteiger partial charge in [0.15, 0.2) is 0 Å². The highest BCUT2D eigenvalue weighted by atomic mass is 16.2. The van der Waals surface area contributed by atoms with Gasteiger partial charge < -0.3 is 9.30 Å². The minimum absolute atomic E-state index is 0.0199.